The van der Waals surface area contributed by atoms with Gasteiger partial charge in [0.15, 0.2) is 0 Å². The summed E-state index contributed by atoms with van der Waals surface area (Å²) >= 11 is 0. The highest BCUT2D eigenvalue weighted by molar-refractivity contribution is 5.09. The lowest BCUT2D eigenvalue weighted by atomic mass is 10.1. The third kappa shape index (κ3) is 1.87. The van der Waals surface area contributed by atoms with Gasteiger partial charge >= 0.3 is 0 Å². The molecule has 13 heavy (non-hydrogen) atoms. The van der Waals surface area contributed by atoms with Crippen molar-refractivity contribution in [2.24, 2.45) is 0 Å². The molecule has 0 aliphatic carbocycles. The lowest BCUT2D eigenvalue weighted by Gasteiger charge is -2.17. The Hall–Kier alpha value is -0.930. The van der Waals surface area contributed by atoms with Crippen LogP contribution in [0, 0.1) is 0 Å². The number of aromatic nitrogens is 1. The molecule has 1 aliphatic heterocycles. The van der Waals surface area contributed by atoms with Crippen molar-refractivity contribution in [2.75, 3.05) is 6.54 Å². The SMILES string of the molecule is OC(c1ccccn1)[C@H]1CCCN1. The molecule has 0 radical (unpaired) electrons. The van der Waals surface area contributed by atoms with Crippen molar-refractivity contribution >= 4 is 0 Å². The molecule has 1 aromatic heterocycles. The van der Waals surface area contributed by atoms with Crippen LogP contribution in [0.1, 0.15) is 24.6 Å². The van der Waals surface area contributed by atoms with E-state index in [0.29, 0.717) is 0 Å². The summed E-state index contributed by atoms with van der Waals surface area (Å²) in [6, 6.07) is 5.82. The van der Waals surface area contributed by atoms with E-state index in [1.165, 1.54) is 0 Å². The minimum Gasteiger partial charge on any atom is -0.385 e. The molecule has 2 heterocycles. The molecule has 2 rings (SSSR count). The predicted molar refractivity (Wildman–Crippen MR) is 50.2 cm³/mol. The Morgan fingerprint density at radius 2 is 2.46 bits per heavy atom. The van der Waals surface area contributed by atoms with Gasteiger partial charge in [0, 0.05) is 12.2 Å². The van der Waals surface area contributed by atoms with Crippen LogP contribution in [0.4, 0.5) is 0 Å². The van der Waals surface area contributed by atoms with Crippen molar-refractivity contribution < 1.29 is 5.11 Å². The monoisotopic (exact) mass is 178 g/mol. The molecule has 70 valence electrons. The van der Waals surface area contributed by atoms with Crippen molar-refractivity contribution in [3.63, 3.8) is 0 Å². The van der Waals surface area contributed by atoms with Gasteiger partial charge in [0.2, 0.25) is 0 Å². The number of pyridine rings is 1. The van der Waals surface area contributed by atoms with Gasteiger partial charge in [-0.15, -0.1) is 0 Å². The van der Waals surface area contributed by atoms with Gasteiger partial charge in [-0.25, -0.2) is 0 Å². The quantitative estimate of drug-likeness (QED) is 0.706. The zero-order valence-electron chi connectivity index (χ0n) is 7.48. The molecule has 3 nitrogen and oxygen atoms in total. The predicted octanol–water partition coefficient (Wildman–Crippen LogP) is 0.867. The molecule has 3 heteroatoms. The van der Waals surface area contributed by atoms with Gasteiger partial charge in [0.25, 0.3) is 0 Å². The summed E-state index contributed by atoms with van der Waals surface area (Å²) in [4.78, 5) is 4.13. The zero-order valence-corrected chi connectivity index (χ0v) is 7.48. The van der Waals surface area contributed by atoms with Gasteiger partial charge in [-0.2, -0.15) is 0 Å². The molecule has 1 fully saturated rings. The number of nitrogens with one attached hydrogen (secondary N) is 1. The lowest BCUT2D eigenvalue weighted by Crippen LogP contribution is -2.29. The van der Waals surface area contributed by atoms with Crippen LogP contribution in [0.15, 0.2) is 24.4 Å². The molecule has 0 spiro atoms. The summed E-state index contributed by atoms with van der Waals surface area (Å²) in [5.41, 5.74) is 0.766. The summed E-state index contributed by atoms with van der Waals surface area (Å²) in [6.07, 6.45) is 3.45. The molecular weight excluding hydrogens is 164 g/mol. The Balaban J connectivity index is 2.08. The average molecular weight is 178 g/mol. The highest BCUT2D eigenvalue weighted by Gasteiger charge is 2.24. The third-order valence-corrected chi connectivity index (χ3v) is 2.47. The molecule has 1 saturated heterocycles. The van der Waals surface area contributed by atoms with Crippen LogP contribution < -0.4 is 5.32 Å². The van der Waals surface area contributed by atoms with Crippen LogP contribution in [0.2, 0.25) is 0 Å². The Labute approximate surface area is 77.8 Å². The molecule has 0 bridgehead atoms. The molecule has 1 unspecified atom stereocenters. The van der Waals surface area contributed by atoms with E-state index in [9.17, 15) is 5.11 Å². The molecule has 0 amide bonds. The van der Waals surface area contributed by atoms with E-state index in [1.54, 1.807) is 6.20 Å². The molecule has 0 aromatic carbocycles. The molecule has 1 aliphatic rings. The number of aliphatic hydroxyl groups is 1. The van der Waals surface area contributed by atoms with Gasteiger partial charge in [-0.05, 0) is 31.5 Å². The maximum Gasteiger partial charge on any atom is 0.111 e. The molecule has 0 saturated carbocycles. The smallest absolute Gasteiger partial charge is 0.111 e. The first kappa shape index (κ1) is 8.66. The highest BCUT2D eigenvalue weighted by atomic mass is 16.3. The maximum absolute atomic E-state index is 9.90. The number of hydrogen-bond donors (Lipinski definition) is 2. The summed E-state index contributed by atoms with van der Waals surface area (Å²) in [6.45, 7) is 1.01. The van der Waals surface area contributed by atoms with Crippen molar-refractivity contribution in [1.82, 2.24) is 10.3 Å². The van der Waals surface area contributed by atoms with E-state index in [2.05, 4.69) is 10.3 Å². The minimum absolute atomic E-state index is 0.190. The number of hydrogen-bond acceptors (Lipinski definition) is 3. The third-order valence-electron chi connectivity index (χ3n) is 2.47. The molecule has 2 atom stereocenters. The molecular formula is C10H14N2O. The summed E-state index contributed by atoms with van der Waals surface area (Å²) in [7, 11) is 0. The van der Waals surface area contributed by atoms with Crippen molar-refractivity contribution in [2.45, 2.75) is 25.0 Å². The van der Waals surface area contributed by atoms with Crippen LogP contribution in [-0.4, -0.2) is 22.7 Å². The fourth-order valence-electron chi connectivity index (χ4n) is 1.74. The van der Waals surface area contributed by atoms with Crippen molar-refractivity contribution in [1.29, 1.82) is 0 Å². The number of rotatable bonds is 2. The summed E-state index contributed by atoms with van der Waals surface area (Å²) < 4.78 is 0. The van der Waals surface area contributed by atoms with Gasteiger partial charge < -0.3 is 10.4 Å². The van der Waals surface area contributed by atoms with E-state index in [4.69, 9.17) is 0 Å². The Morgan fingerprint density at radius 1 is 1.54 bits per heavy atom. The van der Waals surface area contributed by atoms with Crippen LogP contribution in [0.25, 0.3) is 0 Å². The van der Waals surface area contributed by atoms with Crippen molar-refractivity contribution in [3.8, 4) is 0 Å². The topological polar surface area (TPSA) is 45.2 Å². The van der Waals surface area contributed by atoms with Crippen molar-refractivity contribution in [3.05, 3.63) is 30.1 Å². The first-order valence-electron chi connectivity index (χ1n) is 4.70. The first-order valence-corrected chi connectivity index (χ1v) is 4.70. The summed E-state index contributed by atoms with van der Waals surface area (Å²) in [5.74, 6) is 0. The normalized spacial score (nSPS) is 24.5. The molecule has 2 N–H and O–H groups in total. The summed E-state index contributed by atoms with van der Waals surface area (Å²) in [5, 5.41) is 13.2. The van der Waals surface area contributed by atoms with E-state index in [1.807, 2.05) is 18.2 Å². The van der Waals surface area contributed by atoms with Gasteiger partial charge in [0.1, 0.15) is 6.10 Å². The fraction of sp³-hybridized carbons (Fsp3) is 0.500. The Bertz CT molecular complexity index is 257. The zero-order chi connectivity index (χ0) is 9.10. The van der Waals surface area contributed by atoms with E-state index in [0.717, 1.165) is 25.1 Å². The molecule has 1 aromatic rings. The van der Waals surface area contributed by atoms with Gasteiger partial charge in [0.05, 0.1) is 5.69 Å². The van der Waals surface area contributed by atoms with Crippen LogP contribution >= 0.6 is 0 Å². The number of aliphatic hydroxyl groups excluding tert-OH is 1. The minimum atomic E-state index is -0.455. The highest BCUT2D eigenvalue weighted by Crippen LogP contribution is 2.20. The van der Waals surface area contributed by atoms with Crippen LogP contribution in [-0.2, 0) is 0 Å². The Morgan fingerprint density at radius 3 is 3.08 bits per heavy atom. The first-order chi connectivity index (χ1) is 6.38. The second kappa shape index (κ2) is 3.85. The largest absolute Gasteiger partial charge is 0.385 e. The second-order valence-corrected chi connectivity index (χ2v) is 3.40. The van der Waals surface area contributed by atoms with Crippen LogP contribution in [0.5, 0.6) is 0 Å². The second-order valence-electron chi connectivity index (χ2n) is 3.40. The Kier molecular flexibility index (Phi) is 2.57. The lowest BCUT2D eigenvalue weighted by molar-refractivity contribution is 0.133. The van der Waals surface area contributed by atoms with Gasteiger partial charge in [-0.3, -0.25) is 4.98 Å². The van der Waals surface area contributed by atoms with E-state index in [-0.39, 0.29) is 6.04 Å². The van der Waals surface area contributed by atoms with Crippen LogP contribution in [0.3, 0.4) is 0 Å². The number of nitrogens with zero attached hydrogens (tertiary/aromatic N) is 1. The fourth-order valence-corrected chi connectivity index (χ4v) is 1.74. The standard InChI is InChI=1S/C10H14N2O/c13-10(9-5-3-7-12-9)8-4-1-2-6-11-8/h1-2,4,6,9-10,12-13H,3,5,7H2/t9-,10?/m1/s1. The van der Waals surface area contributed by atoms with Gasteiger partial charge in [-0.1, -0.05) is 6.07 Å². The van der Waals surface area contributed by atoms with E-state index >= 15 is 0 Å². The maximum atomic E-state index is 9.90. The average Bonchev–Trinajstić information content (AvgIpc) is 2.71. The van der Waals surface area contributed by atoms with E-state index < -0.39 is 6.10 Å².